The van der Waals surface area contributed by atoms with Crippen molar-refractivity contribution in [1.82, 2.24) is 14.4 Å². The molecule has 0 radical (unpaired) electrons. The number of nitrogens with zero attached hydrogens (tertiary/aromatic N) is 3. The molecule has 35 heavy (non-hydrogen) atoms. The molecule has 2 aromatic carbocycles. The third-order valence-corrected chi connectivity index (χ3v) is 8.16. The Morgan fingerprint density at radius 2 is 1.86 bits per heavy atom. The first-order valence-corrected chi connectivity index (χ1v) is 13.1. The number of carbonyl (C=O) groups is 1. The van der Waals surface area contributed by atoms with Crippen LogP contribution in [-0.4, -0.2) is 53.0 Å². The minimum Gasteiger partial charge on any atom is -0.347 e. The van der Waals surface area contributed by atoms with Gasteiger partial charge in [0.1, 0.15) is 5.82 Å². The van der Waals surface area contributed by atoms with Crippen LogP contribution in [0.4, 0.5) is 4.39 Å². The first-order chi connectivity index (χ1) is 17.0. The summed E-state index contributed by atoms with van der Waals surface area (Å²) in [5, 5.41) is 1.03. The molecule has 186 valence electrons. The third kappa shape index (κ3) is 5.00. The quantitative estimate of drug-likeness (QED) is 0.536. The smallest absolute Gasteiger partial charge is 0.256 e. The van der Waals surface area contributed by atoms with Gasteiger partial charge >= 0.3 is 0 Å². The highest BCUT2D eigenvalue weighted by molar-refractivity contribution is 6.07. The van der Waals surface area contributed by atoms with Gasteiger partial charge in [0.05, 0.1) is 5.56 Å². The molecule has 1 aromatic heterocycles. The lowest BCUT2D eigenvalue weighted by molar-refractivity contribution is 0.0714. The molecule has 2 aliphatic heterocycles. The fourth-order valence-electron chi connectivity index (χ4n) is 6.00. The van der Waals surface area contributed by atoms with Crippen molar-refractivity contribution in [1.29, 1.82) is 0 Å². The number of nitrogens with two attached hydrogens (primary N) is 1. The maximum atomic E-state index is 14.5. The summed E-state index contributed by atoms with van der Waals surface area (Å²) < 4.78 is 16.8. The zero-order chi connectivity index (χ0) is 24.4. The minimum atomic E-state index is -0.168. The number of aryl methyl sites for hydroxylation is 1. The molecule has 1 atom stereocenters. The van der Waals surface area contributed by atoms with Crippen LogP contribution < -0.4 is 5.73 Å². The molecule has 6 heteroatoms. The molecule has 3 heterocycles. The van der Waals surface area contributed by atoms with Gasteiger partial charge in [-0.3, -0.25) is 4.79 Å². The fraction of sp³-hybridized carbons (Fsp3) is 0.483. The van der Waals surface area contributed by atoms with E-state index in [1.807, 2.05) is 17.0 Å². The number of benzene rings is 2. The van der Waals surface area contributed by atoms with E-state index in [2.05, 4.69) is 40.9 Å². The van der Waals surface area contributed by atoms with Crippen molar-refractivity contribution in [2.24, 2.45) is 5.73 Å². The average molecular weight is 477 g/mol. The van der Waals surface area contributed by atoms with E-state index in [1.165, 1.54) is 31.9 Å². The summed E-state index contributed by atoms with van der Waals surface area (Å²) in [5.41, 5.74) is 9.37. The zero-order valence-corrected chi connectivity index (χ0v) is 20.8. The van der Waals surface area contributed by atoms with Crippen LogP contribution in [0.5, 0.6) is 0 Å². The standard InChI is InChI=1S/C29H37FN4O/c1-32-14-5-4-6-23(32)13-17-34-20-26(24-7-2-3-8-28(24)34)29(35)33-15-11-22(12-16-33)25-18-21(19-31)9-10-27(25)30/h2-3,7-10,18,20,22-23H,4-6,11-17,19,31H2,1H3. The molecule has 0 spiro atoms. The number of hydrogen-bond acceptors (Lipinski definition) is 3. The van der Waals surface area contributed by atoms with Gasteiger partial charge < -0.3 is 20.1 Å². The van der Waals surface area contributed by atoms with Gasteiger partial charge in [0.15, 0.2) is 0 Å². The number of hydrogen-bond donors (Lipinski definition) is 1. The summed E-state index contributed by atoms with van der Waals surface area (Å²) in [7, 11) is 2.23. The van der Waals surface area contributed by atoms with E-state index in [1.54, 1.807) is 6.07 Å². The van der Waals surface area contributed by atoms with E-state index >= 15 is 0 Å². The number of piperidine rings is 2. The van der Waals surface area contributed by atoms with Crippen LogP contribution in [0.2, 0.25) is 0 Å². The van der Waals surface area contributed by atoms with Gasteiger partial charge in [-0.05, 0) is 74.9 Å². The highest BCUT2D eigenvalue weighted by Gasteiger charge is 2.28. The highest BCUT2D eigenvalue weighted by atomic mass is 19.1. The van der Waals surface area contributed by atoms with Gasteiger partial charge in [-0.15, -0.1) is 0 Å². The normalized spacial score (nSPS) is 20.0. The first-order valence-electron chi connectivity index (χ1n) is 13.1. The van der Waals surface area contributed by atoms with E-state index in [0.29, 0.717) is 25.7 Å². The number of rotatable bonds is 6. The van der Waals surface area contributed by atoms with Gasteiger partial charge in [-0.25, -0.2) is 4.39 Å². The number of carbonyl (C=O) groups excluding carboxylic acids is 1. The molecular weight excluding hydrogens is 439 g/mol. The largest absolute Gasteiger partial charge is 0.347 e. The molecule has 2 N–H and O–H groups in total. The number of likely N-dealkylation sites (tertiary alicyclic amines) is 2. The Morgan fingerprint density at radius 3 is 2.63 bits per heavy atom. The Morgan fingerprint density at radius 1 is 1.06 bits per heavy atom. The Bertz CT molecular complexity index is 1180. The van der Waals surface area contributed by atoms with Gasteiger partial charge in [0.2, 0.25) is 0 Å². The van der Waals surface area contributed by atoms with E-state index < -0.39 is 0 Å². The Kier molecular flexibility index (Phi) is 7.21. The number of para-hydroxylation sites is 1. The summed E-state index contributed by atoms with van der Waals surface area (Å²) in [6.45, 7) is 3.79. The molecular formula is C29H37FN4O. The molecule has 0 aliphatic carbocycles. The maximum absolute atomic E-state index is 14.5. The minimum absolute atomic E-state index is 0.0874. The lowest BCUT2D eigenvalue weighted by Crippen LogP contribution is -2.38. The van der Waals surface area contributed by atoms with Crippen LogP contribution >= 0.6 is 0 Å². The highest BCUT2D eigenvalue weighted by Crippen LogP contribution is 2.32. The van der Waals surface area contributed by atoms with E-state index in [-0.39, 0.29) is 17.6 Å². The van der Waals surface area contributed by atoms with Gasteiger partial charge in [-0.2, -0.15) is 0 Å². The second-order valence-corrected chi connectivity index (χ2v) is 10.3. The van der Waals surface area contributed by atoms with Crippen LogP contribution in [0, 0.1) is 5.82 Å². The van der Waals surface area contributed by atoms with Gasteiger partial charge in [-0.1, -0.05) is 36.8 Å². The van der Waals surface area contributed by atoms with E-state index in [9.17, 15) is 9.18 Å². The van der Waals surface area contributed by atoms with Crippen molar-refractivity contribution >= 4 is 16.8 Å². The molecule has 1 amide bonds. The number of amides is 1. The molecule has 3 aromatic rings. The molecule has 1 unspecified atom stereocenters. The Balaban J connectivity index is 1.30. The first kappa shape index (κ1) is 24.0. The van der Waals surface area contributed by atoms with Gasteiger partial charge in [0.25, 0.3) is 5.91 Å². The lowest BCUT2D eigenvalue weighted by Gasteiger charge is -2.32. The van der Waals surface area contributed by atoms with Crippen molar-refractivity contribution in [2.45, 2.75) is 63.6 Å². The molecule has 5 rings (SSSR count). The lowest BCUT2D eigenvalue weighted by atomic mass is 9.88. The number of halogens is 1. The summed E-state index contributed by atoms with van der Waals surface area (Å²) in [4.78, 5) is 18.0. The second kappa shape index (κ2) is 10.5. The molecule has 0 bridgehead atoms. The topological polar surface area (TPSA) is 54.5 Å². The predicted octanol–water partition coefficient (Wildman–Crippen LogP) is 5.13. The number of fused-ring (bicyclic) bond motifs is 1. The van der Waals surface area contributed by atoms with Crippen molar-refractivity contribution in [3.05, 3.63) is 71.2 Å². The summed E-state index contributed by atoms with van der Waals surface area (Å²) in [6, 6.07) is 14.0. The van der Waals surface area contributed by atoms with E-state index in [0.717, 1.165) is 53.4 Å². The Hall–Kier alpha value is -2.70. The molecule has 2 saturated heterocycles. The van der Waals surface area contributed by atoms with Crippen LogP contribution in [0.25, 0.3) is 10.9 Å². The van der Waals surface area contributed by atoms with Crippen molar-refractivity contribution in [2.75, 3.05) is 26.7 Å². The summed E-state index contributed by atoms with van der Waals surface area (Å²) >= 11 is 0. The average Bonchev–Trinajstić information content (AvgIpc) is 3.27. The third-order valence-electron chi connectivity index (χ3n) is 8.16. The van der Waals surface area contributed by atoms with Crippen molar-refractivity contribution in [3.8, 4) is 0 Å². The molecule has 2 aliphatic rings. The van der Waals surface area contributed by atoms with Crippen LogP contribution in [0.3, 0.4) is 0 Å². The van der Waals surface area contributed by atoms with Crippen LogP contribution in [0.1, 0.15) is 65.9 Å². The molecule has 5 nitrogen and oxygen atoms in total. The molecule has 2 fully saturated rings. The van der Waals surface area contributed by atoms with Gasteiger partial charge in [0, 0.05) is 49.3 Å². The monoisotopic (exact) mass is 476 g/mol. The van der Waals surface area contributed by atoms with Crippen molar-refractivity contribution < 1.29 is 9.18 Å². The Labute approximate surface area is 207 Å². The molecule has 0 saturated carbocycles. The zero-order valence-electron chi connectivity index (χ0n) is 20.8. The fourth-order valence-corrected chi connectivity index (χ4v) is 6.00. The SMILES string of the molecule is CN1CCCCC1CCn1cc(C(=O)N2CCC(c3cc(CN)ccc3F)CC2)c2ccccc21. The van der Waals surface area contributed by atoms with E-state index in [4.69, 9.17) is 5.73 Å². The summed E-state index contributed by atoms with van der Waals surface area (Å²) in [5.74, 6) is 0.0439. The van der Waals surface area contributed by atoms with Crippen LogP contribution in [-0.2, 0) is 13.1 Å². The van der Waals surface area contributed by atoms with Crippen molar-refractivity contribution in [3.63, 3.8) is 0 Å². The summed E-state index contributed by atoms with van der Waals surface area (Å²) in [6.07, 6.45) is 8.55. The number of aromatic nitrogens is 1. The second-order valence-electron chi connectivity index (χ2n) is 10.3. The predicted molar refractivity (Wildman–Crippen MR) is 139 cm³/mol. The maximum Gasteiger partial charge on any atom is 0.256 e. The van der Waals surface area contributed by atoms with Crippen LogP contribution in [0.15, 0.2) is 48.7 Å².